The first-order chi connectivity index (χ1) is 10.2. The van der Waals surface area contributed by atoms with Crippen molar-refractivity contribution in [2.75, 3.05) is 0 Å². The molecule has 2 aromatic rings. The minimum absolute atomic E-state index is 0.177. The normalized spacial score (nSPS) is 13.1. The zero-order chi connectivity index (χ0) is 16.5. The second-order valence-corrected chi connectivity index (χ2v) is 7.45. The van der Waals surface area contributed by atoms with Gasteiger partial charge < -0.3 is 10.8 Å². The van der Waals surface area contributed by atoms with Gasteiger partial charge in [0.25, 0.3) is 10.0 Å². The van der Waals surface area contributed by atoms with E-state index in [1.54, 1.807) is 0 Å². The van der Waals surface area contributed by atoms with E-state index in [0.29, 0.717) is 10.1 Å². The van der Waals surface area contributed by atoms with E-state index >= 15 is 0 Å². The summed E-state index contributed by atoms with van der Waals surface area (Å²) in [5.74, 6) is -2.98. The Morgan fingerprint density at radius 2 is 2.05 bits per heavy atom. The molecule has 0 fully saturated rings. The lowest BCUT2D eigenvalue weighted by Crippen LogP contribution is -2.43. The highest BCUT2D eigenvalue weighted by molar-refractivity contribution is 7.91. The van der Waals surface area contributed by atoms with Crippen molar-refractivity contribution in [1.29, 1.82) is 0 Å². The summed E-state index contributed by atoms with van der Waals surface area (Å²) >= 11 is 0.859. The van der Waals surface area contributed by atoms with Crippen LogP contribution in [0, 0.1) is 5.82 Å². The lowest BCUT2D eigenvalue weighted by Gasteiger charge is -2.11. The second kappa shape index (κ2) is 5.99. The molecule has 1 amide bonds. The van der Waals surface area contributed by atoms with Crippen LogP contribution in [0.3, 0.4) is 0 Å². The van der Waals surface area contributed by atoms with E-state index in [4.69, 9.17) is 10.8 Å². The van der Waals surface area contributed by atoms with Gasteiger partial charge in [-0.3, -0.25) is 9.59 Å². The fraction of sp³-hybridized carbons (Fsp3) is 0.167. The summed E-state index contributed by atoms with van der Waals surface area (Å²) in [6, 6.07) is 3.35. The Hall–Kier alpha value is -2.04. The van der Waals surface area contributed by atoms with Crippen molar-refractivity contribution in [1.82, 2.24) is 4.72 Å². The SMILES string of the molecule is NC(=O)C[C@H](NS(=O)(=O)c1cc2cc(F)ccc2s1)C(=O)O. The zero-order valence-electron chi connectivity index (χ0n) is 10.9. The molecule has 0 aliphatic heterocycles. The summed E-state index contributed by atoms with van der Waals surface area (Å²) in [5.41, 5.74) is 4.89. The number of amides is 1. The van der Waals surface area contributed by atoms with Gasteiger partial charge in [-0.2, -0.15) is 4.72 Å². The number of carbonyl (C=O) groups is 2. The largest absolute Gasteiger partial charge is 0.480 e. The van der Waals surface area contributed by atoms with Gasteiger partial charge in [0.1, 0.15) is 16.1 Å². The molecule has 118 valence electrons. The molecule has 22 heavy (non-hydrogen) atoms. The van der Waals surface area contributed by atoms with Gasteiger partial charge in [-0.05, 0) is 29.7 Å². The van der Waals surface area contributed by atoms with Crippen LogP contribution in [0.2, 0.25) is 0 Å². The molecule has 1 aromatic heterocycles. The molecule has 0 unspecified atom stereocenters. The van der Waals surface area contributed by atoms with Gasteiger partial charge >= 0.3 is 5.97 Å². The van der Waals surface area contributed by atoms with Crippen molar-refractivity contribution in [3.8, 4) is 0 Å². The summed E-state index contributed by atoms with van der Waals surface area (Å²) in [7, 11) is -4.17. The van der Waals surface area contributed by atoms with Crippen molar-refractivity contribution in [3.63, 3.8) is 0 Å². The summed E-state index contributed by atoms with van der Waals surface area (Å²) in [4.78, 5) is 21.8. The fourth-order valence-electron chi connectivity index (χ4n) is 1.75. The maximum absolute atomic E-state index is 13.1. The molecular weight excluding hydrogens is 335 g/mol. The molecule has 10 heteroatoms. The number of hydrogen-bond acceptors (Lipinski definition) is 5. The number of aliphatic carboxylic acids is 1. The minimum atomic E-state index is -4.17. The number of thiophene rings is 1. The summed E-state index contributed by atoms with van der Waals surface area (Å²) < 4.78 is 39.7. The maximum atomic E-state index is 13.1. The molecule has 7 nitrogen and oxygen atoms in total. The van der Waals surface area contributed by atoms with Gasteiger partial charge in [-0.25, -0.2) is 12.8 Å². The van der Waals surface area contributed by atoms with Crippen LogP contribution in [-0.2, 0) is 19.6 Å². The maximum Gasteiger partial charge on any atom is 0.322 e. The first-order valence-electron chi connectivity index (χ1n) is 5.91. The highest BCUT2D eigenvalue weighted by Gasteiger charge is 2.28. The third-order valence-corrected chi connectivity index (χ3v) is 5.78. The highest BCUT2D eigenvalue weighted by Crippen LogP contribution is 2.29. The molecule has 0 aliphatic carbocycles. The van der Waals surface area contributed by atoms with Crippen molar-refractivity contribution in [3.05, 3.63) is 30.1 Å². The quantitative estimate of drug-likeness (QED) is 0.708. The van der Waals surface area contributed by atoms with E-state index in [2.05, 4.69) is 0 Å². The van der Waals surface area contributed by atoms with Crippen molar-refractivity contribution in [2.45, 2.75) is 16.7 Å². The van der Waals surface area contributed by atoms with Gasteiger partial charge in [-0.1, -0.05) is 0 Å². The smallest absolute Gasteiger partial charge is 0.322 e. The predicted octanol–water partition coefficient (Wildman–Crippen LogP) is 0.647. The molecule has 0 saturated carbocycles. The lowest BCUT2D eigenvalue weighted by atomic mass is 10.2. The molecular formula is C12H11FN2O5S2. The van der Waals surface area contributed by atoms with Gasteiger partial charge in [0.05, 0.1) is 6.42 Å². The van der Waals surface area contributed by atoms with Crippen molar-refractivity contribution < 1.29 is 27.5 Å². The van der Waals surface area contributed by atoms with E-state index in [-0.39, 0.29) is 4.21 Å². The Balaban J connectivity index is 2.35. The Morgan fingerprint density at radius 3 is 2.64 bits per heavy atom. The zero-order valence-corrected chi connectivity index (χ0v) is 12.6. The number of carboxylic acid groups (broad SMARTS) is 1. The van der Waals surface area contributed by atoms with Gasteiger partial charge in [0, 0.05) is 4.70 Å². The van der Waals surface area contributed by atoms with E-state index in [9.17, 15) is 22.4 Å². The molecule has 0 spiro atoms. The Morgan fingerprint density at radius 1 is 1.36 bits per heavy atom. The summed E-state index contributed by atoms with van der Waals surface area (Å²) in [6.07, 6.45) is -0.673. The molecule has 2 rings (SSSR count). The number of nitrogens with one attached hydrogen (secondary N) is 1. The third kappa shape index (κ3) is 3.59. The number of halogens is 1. The van der Waals surface area contributed by atoms with Crippen LogP contribution in [0.4, 0.5) is 4.39 Å². The number of fused-ring (bicyclic) bond motifs is 1. The van der Waals surface area contributed by atoms with Crippen LogP contribution in [-0.4, -0.2) is 31.4 Å². The van der Waals surface area contributed by atoms with Crippen LogP contribution in [0.25, 0.3) is 10.1 Å². The molecule has 0 bridgehead atoms. The van der Waals surface area contributed by atoms with E-state index < -0.39 is 40.2 Å². The van der Waals surface area contributed by atoms with Crippen LogP contribution in [0.15, 0.2) is 28.5 Å². The number of nitrogens with two attached hydrogens (primary N) is 1. The first kappa shape index (κ1) is 16.3. The van der Waals surface area contributed by atoms with E-state index in [1.807, 2.05) is 4.72 Å². The van der Waals surface area contributed by atoms with E-state index in [0.717, 1.165) is 11.3 Å². The number of benzene rings is 1. The molecule has 0 radical (unpaired) electrons. The van der Waals surface area contributed by atoms with Crippen LogP contribution < -0.4 is 10.5 Å². The van der Waals surface area contributed by atoms with Gasteiger partial charge in [0.2, 0.25) is 5.91 Å². The average molecular weight is 346 g/mol. The predicted molar refractivity (Wildman–Crippen MR) is 77.3 cm³/mol. The topological polar surface area (TPSA) is 127 Å². The fourth-order valence-corrected chi connectivity index (χ4v) is 4.33. The summed E-state index contributed by atoms with van der Waals surface area (Å²) in [5, 5.41) is 9.31. The van der Waals surface area contributed by atoms with Crippen LogP contribution >= 0.6 is 11.3 Å². The molecule has 1 atom stereocenters. The Kier molecular flexibility index (Phi) is 4.44. The van der Waals surface area contributed by atoms with E-state index in [1.165, 1.54) is 24.3 Å². The van der Waals surface area contributed by atoms with Crippen molar-refractivity contribution in [2.24, 2.45) is 5.73 Å². The number of hydrogen-bond donors (Lipinski definition) is 3. The van der Waals surface area contributed by atoms with Gasteiger partial charge in [-0.15, -0.1) is 11.3 Å². The number of sulfonamides is 1. The monoisotopic (exact) mass is 346 g/mol. The molecule has 0 aliphatic rings. The molecule has 1 aromatic carbocycles. The van der Waals surface area contributed by atoms with Crippen LogP contribution in [0.5, 0.6) is 0 Å². The third-order valence-electron chi connectivity index (χ3n) is 2.72. The standard InChI is InChI=1S/C12H11FN2O5S2/c13-7-1-2-9-6(3-7)4-11(21-9)22(19,20)15-8(12(17)18)5-10(14)16/h1-4,8,15H,5H2,(H2,14,16)(H,17,18)/t8-/m0/s1. The Bertz CT molecular complexity index is 846. The second-order valence-electron chi connectivity index (χ2n) is 4.43. The Labute approximate surface area is 128 Å². The average Bonchev–Trinajstić information content (AvgIpc) is 2.80. The minimum Gasteiger partial charge on any atom is -0.480 e. The highest BCUT2D eigenvalue weighted by atomic mass is 32.2. The van der Waals surface area contributed by atoms with Crippen LogP contribution in [0.1, 0.15) is 6.42 Å². The van der Waals surface area contributed by atoms with Crippen molar-refractivity contribution >= 4 is 43.3 Å². The lowest BCUT2D eigenvalue weighted by molar-refractivity contribution is -0.140. The number of rotatable bonds is 6. The van der Waals surface area contributed by atoms with Gasteiger partial charge in [0.15, 0.2) is 0 Å². The molecule has 1 heterocycles. The number of primary amides is 1. The first-order valence-corrected chi connectivity index (χ1v) is 8.21. The number of carbonyl (C=O) groups excluding carboxylic acids is 1. The molecule has 4 N–H and O–H groups in total. The molecule has 0 saturated heterocycles. The number of carboxylic acids is 1. The summed E-state index contributed by atoms with van der Waals surface area (Å²) in [6.45, 7) is 0.